The monoisotopic (exact) mass is 315 g/mol. The number of nitro groups is 1. The Labute approximate surface area is 132 Å². The predicted molar refractivity (Wildman–Crippen MR) is 84.7 cm³/mol. The minimum absolute atomic E-state index is 0.0647. The smallest absolute Gasteiger partial charge is 0.288 e. The molecule has 0 radical (unpaired) electrons. The van der Waals surface area contributed by atoms with Crippen LogP contribution in [0.25, 0.3) is 0 Å². The summed E-state index contributed by atoms with van der Waals surface area (Å²) in [6.45, 7) is 1.78. The number of nitrogens with zero attached hydrogens (tertiary/aromatic N) is 1. The van der Waals surface area contributed by atoms with Crippen molar-refractivity contribution in [1.82, 2.24) is 0 Å². The average molecular weight is 316 g/mol. The van der Waals surface area contributed by atoms with E-state index in [0.29, 0.717) is 6.42 Å². The van der Waals surface area contributed by atoms with Gasteiger partial charge in [0.2, 0.25) is 0 Å². The molecule has 0 fully saturated rings. The largest absolute Gasteiger partial charge is 0.293 e. The van der Waals surface area contributed by atoms with Crippen molar-refractivity contribution < 1.29 is 9.72 Å². The van der Waals surface area contributed by atoms with E-state index in [1.807, 2.05) is 24.3 Å². The summed E-state index contributed by atoms with van der Waals surface area (Å²) in [5.74, 6) is -0.219. The van der Waals surface area contributed by atoms with E-state index in [-0.39, 0.29) is 22.4 Å². The van der Waals surface area contributed by atoms with E-state index in [1.54, 1.807) is 13.0 Å². The molecule has 1 aliphatic carbocycles. The highest BCUT2D eigenvalue weighted by molar-refractivity contribution is 6.32. The second kappa shape index (κ2) is 5.54. The fraction of sp³-hybridized carbons (Fsp3) is 0.235. The SMILES string of the molecule is Cc1cc([N+](=O)[O-])c(Cl)cc1C1CCc2ccccc2C1=O. The summed E-state index contributed by atoms with van der Waals surface area (Å²) in [4.78, 5) is 23.2. The van der Waals surface area contributed by atoms with Crippen molar-refractivity contribution in [1.29, 1.82) is 0 Å². The van der Waals surface area contributed by atoms with Crippen LogP contribution in [0.5, 0.6) is 0 Å². The van der Waals surface area contributed by atoms with Gasteiger partial charge < -0.3 is 0 Å². The number of halogens is 1. The molecule has 0 spiro atoms. The number of fused-ring (bicyclic) bond motifs is 1. The molecule has 0 saturated carbocycles. The lowest BCUT2D eigenvalue weighted by molar-refractivity contribution is -0.384. The number of ketones is 1. The van der Waals surface area contributed by atoms with Crippen LogP contribution in [-0.2, 0) is 6.42 Å². The van der Waals surface area contributed by atoms with Gasteiger partial charge in [0.1, 0.15) is 5.02 Å². The zero-order chi connectivity index (χ0) is 15.9. The molecule has 3 rings (SSSR count). The molecule has 0 heterocycles. The number of aryl methyl sites for hydroxylation is 2. The Morgan fingerprint density at radius 2 is 2.00 bits per heavy atom. The molecule has 2 aromatic carbocycles. The Kier molecular flexibility index (Phi) is 3.71. The van der Waals surface area contributed by atoms with Gasteiger partial charge in [-0.05, 0) is 42.5 Å². The van der Waals surface area contributed by atoms with Gasteiger partial charge in [0, 0.05) is 17.5 Å². The van der Waals surface area contributed by atoms with Gasteiger partial charge in [0.05, 0.1) is 4.92 Å². The molecule has 0 saturated heterocycles. The van der Waals surface area contributed by atoms with Crippen molar-refractivity contribution in [2.75, 3.05) is 0 Å². The molecule has 0 aliphatic heterocycles. The summed E-state index contributed by atoms with van der Waals surface area (Å²) in [7, 11) is 0. The van der Waals surface area contributed by atoms with Crippen molar-refractivity contribution in [3.63, 3.8) is 0 Å². The van der Waals surface area contributed by atoms with E-state index < -0.39 is 4.92 Å². The standard InChI is InChI=1S/C17H14ClNO3/c1-10-8-16(19(21)22)15(18)9-14(10)13-7-6-11-4-2-3-5-12(11)17(13)20/h2-5,8-9,13H,6-7H2,1H3. The quantitative estimate of drug-likeness (QED) is 0.607. The van der Waals surface area contributed by atoms with Gasteiger partial charge in [-0.25, -0.2) is 0 Å². The molecular weight excluding hydrogens is 302 g/mol. The van der Waals surface area contributed by atoms with Crippen molar-refractivity contribution in [3.05, 3.63) is 73.8 Å². The minimum atomic E-state index is -0.503. The van der Waals surface area contributed by atoms with E-state index in [0.717, 1.165) is 28.7 Å². The molecule has 1 atom stereocenters. The highest BCUT2D eigenvalue weighted by Crippen LogP contribution is 2.37. The van der Waals surface area contributed by atoms with Gasteiger partial charge in [0.15, 0.2) is 5.78 Å². The van der Waals surface area contributed by atoms with Crippen LogP contribution in [0.15, 0.2) is 36.4 Å². The topological polar surface area (TPSA) is 60.2 Å². The van der Waals surface area contributed by atoms with Crippen molar-refractivity contribution in [2.24, 2.45) is 0 Å². The second-order valence-electron chi connectivity index (χ2n) is 5.53. The summed E-state index contributed by atoms with van der Waals surface area (Å²) in [6, 6.07) is 10.6. The van der Waals surface area contributed by atoms with Crippen molar-refractivity contribution in [3.8, 4) is 0 Å². The highest BCUT2D eigenvalue weighted by atomic mass is 35.5. The Morgan fingerprint density at radius 3 is 2.73 bits per heavy atom. The first-order valence-corrected chi connectivity index (χ1v) is 7.43. The fourth-order valence-corrected chi connectivity index (χ4v) is 3.33. The van der Waals surface area contributed by atoms with Gasteiger partial charge in [-0.1, -0.05) is 35.9 Å². The molecule has 0 N–H and O–H groups in total. The summed E-state index contributed by atoms with van der Waals surface area (Å²) in [6.07, 6.45) is 1.52. The molecule has 0 amide bonds. The minimum Gasteiger partial charge on any atom is -0.293 e. The number of rotatable bonds is 2. The number of carbonyl (C=O) groups excluding carboxylic acids is 1. The molecular formula is C17H14ClNO3. The Hall–Kier alpha value is -2.20. The third kappa shape index (κ3) is 2.40. The van der Waals surface area contributed by atoms with Crippen LogP contribution in [0, 0.1) is 17.0 Å². The zero-order valence-electron chi connectivity index (χ0n) is 12.0. The molecule has 0 aromatic heterocycles. The third-order valence-corrected chi connectivity index (χ3v) is 4.51. The first-order valence-electron chi connectivity index (χ1n) is 7.05. The molecule has 5 heteroatoms. The summed E-state index contributed by atoms with van der Waals surface area (Å²) < 4.78 is 0. The van der Waals surface area contributed by atoms with Crippen molar-refractivity contribution in [2.45, 2.75) is 25.7 Å². The highest BCUT2D eigenvalue weighted by Gasteiger charge is 2.30. The van der Waals surface area contributed by atoms with Crippen LogP contribution < -0.4 is 0 Å². The van der Waals surface area contributed by atoms with Crippen LogP contribution in [0.3, 0.4) is 0 Å². The van der Waals surface area contributed by atoms with Crippen molar-refractivity contribution >= 4 is 23.1 Å². The third-order valence-electron chi connectivity index (χ3n) is 4.21. The first kappa shape index (κ1) is 14.7. The molecule has 112 valence electrons. The number of carbonyl (C=O) groups is 1. The number of Topliss-reactive ketones (excluding diaryl/α,β-unsaturated/α-hetero) is 1. The predicted octanol–water partition coefficient (Wildman–Crippen LogP) is 4.47. The van der Waals surface area contributed by atoms with E-state index in [9.17, 15) is 14.9 Å². The van der Waals surface area contributed by atoms with E-state index in [1.165, 1.54) is 6.07 Å². The summed E-state index contributed by atoms with van der Waals surface area (Å²) in [5, 5.41) is 11.0. The maximum Gasteiger partial charge on any atom is 0.288 e. The number of benzene rings is 2. The van der Waals surface area contributed by atoms with Gasteiger partial charge in [-0.15, -0.1) is 0 Å². The van der Waals surface area contributed by atoms with E-state index in [4.69, 9.17) is 11.6 Å². The Balaban J connectivity index is 2.04. The lowest BCUT2D eigenvalue weighted by atomic mass is 9.78. The summed E-state index contributed by atoms with van der Waals surface area (Å²) >= 11 is 6.01. The normalized spacial score (nSPS) is 17.2. The maximum absolute atomic E-state index is 12.7. The zero-order valence-corrected chi connectivity index (χ0v) is 12.8. The van der Waals surface area contributed by atoms with Gasteiger partial charge in [-0.2, -0.15) is 0 Å². The maximum atomic E-state index is 12.7. The molecule has 22 heavy (non-hydrogen) atoms. The average Bonchev–Trinajstić information content (AvgIpc) is 2.50. The number of nitro benzene ring substituents is 1. The van der Waals surface area contributed by atoms with Gasteiger partial charge in [0.25, 0.3) is 5.69 Å². The Morgan fingerprint density at radius 1 is 1.27 bits per heavy atom. The van der Waals surface area contributed by atoms with E-state index >= 15 is 0 Å². The van der Waals surface area contributed by atoms with Crippen LogP contribution in [0.1, 0.15) is 39.4 Å². The molecule has 2 aromatic rings. The van der Waals surface area contributed by atoms with E-state index in [2.05, 4.69) is 0 Å². The van der Waals surface area contributed by atoms with Crippen LogP contribution in [0.2, 0.25) is 5.02 Å². The second-order valence-corrected chi connectivity index (χ2v) is 5.94. The molecule has 4 nitrogen and oxygen atoms in total. The lowest BCUT2D eigenvalue weighted by Gasteiger charge is -2.25. The molecule has 1 unspecified atom stereocenters. The van der Waals surface area contributed by atoms with Gasteiger partial charge in [-0.3, -0.25) is 14.9 Å². The number of hydrogen-bond acceptors (Lipinski definition) is 3. The van der Waals surface area contributed by atoms with Crippen LogP contribution in [-0.4, -0.2) is 10.7 Å². The fourth-order valence-electron chi connectivity index (χ4n) is 3.09. The van der Waals surface area contributed by atoms with Crippen LogP contribution in [0.4, 0.5) is 5.69 Å². The molecule has 0 bridgehead atoms. The van der Waals surface area contributed by atoms with Crippen LogP contribution >= 0.6 is 11.6 Å². The number of hydrogen-bond donors (Lipinski definition) is 0. The Bertz CT molecular complexity index is 785. The summed E-state index contributed by atoms with van der Waals surface area (Å²) in [5.41, 5.74) is 3.21. The lowest BCUT2D eigenvalue weighted by Crippen LogP contribution is -2.21. The first-order chi connectivity index (χ1) is 10.5. The molecule has 1 aliphatic rings. The van der Waals surface area contributed by atoms with Gasteiger partial charge >= 0.3 is 0 Å².